The molecule has 0 radical (unpaired) electrons. The largest absolute Gasteiger partial charge is 0.166 e. The molecule has 3 aromatic carbocycles. The van der Waals surface area contributed by atoms with E-state index in [9.17, 15) is 0 Å². The van der Waals surface area contributed by atoms with Crippen LogP contribution in [0.1, 0.15) is 12.5 Å². The lowest BCUT2D eigenvalue weighted by Crippen LogP contribution is -1.90. The lowest BCUT2D eigenvalue weighted by Gasteiger charge is -2.03. The van der Waals surface area contributed by atoms with Gasteiger partial charge in [0.2, 0.25) is 0 Å². The van der Waals surface area contributed by atoms with E-state index in [1.165, 1.54) is 38.2 Å². The third-order valence-electron chi connectivity index (χ3n) is 3.58. The highest BCUT2D eigenvalue weighted by atomic mass is 32.2. The average Bonchev–Trinajstić information content (AvgIpc) is 2.57. The third kappa shape index (κ3) is 3.37. The van der Waals surface area contributed by atoms with Crippen molar-refractivity contribution in [1.82, 2.24) is 0 Å². The van der Waals surface area contributed by atoms with Gasteiger partial charge in [-0.05, 0) is 41.8 Å². The van der Waals surface area contributed by atoms with Gasteiger partial charge in [-0.2, -0.15) is 0 Å². The normalized spacial score (nSPS) is 10.5. The van der Waals surface area contributed by atoms with Gasteiger partial charge in [0.25, 0.3) is 0 Å². The molecule has 0 saturated carbocycles. The maximum absolute atomic E-state index is 2.24. The number of aryl methyl sites for hydroxylation is 1. The van der Waals surface area contributed by atoms with Crippen LogP contribution in [-0.2, 0) is 18.2 Å². The Balaban J connectivity index is 1.92. The SMILES string of the molecule is CCc1ccc([SH+]c2ccccc2-c2ccccc2)cc1. The molecule has 0 aliphatic heterocycles. The van der Waals surface area contributed by atoms with Crippen molar-refractivity contribution in [3.05, 3.63) is 84.4 Å². The minimum atomic E-state index is 1.10. The molecule has 0 aliphatic carbocycles. The molecule has 0 unspecified atom stereocenters. The fourth-order valence-electron chi connectivity index (χ4n) is 2.38. The van der Waals surface area contributed by atoms with Gasteiger partial charge in [0.15, 0.2) is 9.79 Å². The van der Waals surface area contributed by atoms with Crippen LogP contribution in [0.15, 0.2) is 88.7 Å². The van der Waals surface area contributed by atoms with E-state index in [1.807, 2.05) is 0 Å². The molecule has 3 aromatic rings. The molecule has 0 fully saturated rings. The molecule has 0 heterocycles. The van der Waals surface area contributed by atoms with Crippen molar-refractivity contribution in [3.63, 3.8) is 0 Å². The Morgan fingerprint density at radius 1 is 0.714 bits per heavy atom. The van der Waals surface area contributed by atoms with Gasteiger partial charge in [-0.25, -0.2) is 0 Å². The second-order valence-corrected chi connectivity index (χ2v) is 6.24. The van der Waals surface area contributed by atoms with Crippen LogP contribution in [0.5, 0.6) is 0 Å². The van der Waals surface area contributed by atoms with E-state index in [4.69, 9.17) is 0 Å². The first-order valence-corrected chi connectivity index (χ1v) is 8.21. The van der Waals surface area contributed by atoms with E-state index in [-0.39, 0.29) is 0 Å². The zero-order valence-electron chi connectivity index (χ0n) is 12.2. The van der Waals surface area contributed by atoms with Crippen LogP contribution >= 0.6 is 0 Å². The van der Waals surface area contributed by atoms with Crippen molar-refractivity contribution in [2.24, 2.45) is 0 Å². The molecule has 1 heteroatoms. The van der Waals surface area contributed by atoms with Gasteiger partial charge in [0.1, 0.15) is 0 Å². The third-order valence-corrected chi connectivity index (χ3v) is 4.77. The maximum Gasteiger partial charge on any atom is 0.166 e. The Morgan fingerprint density at radius 3 is 2.10 bits per heavy atom. The molecule has 0 N–H and O–H groups in total. The van der Waals surface area contributed by atoms with Crippen LogP contribution in [0.25, 0.3) is 11.1 Å². The van der Waals surface area contributed by atoms with Crippen molar-refractivity contribution >= 4 is 11.8 Å². The maximum atomic E-state index is 2.24. The first kappa shape index (κ1) is 14.0. The van der Waals surface area contributed by atoms with Crippen LogP contribution in [0.3, 0.4) is 0 Å². The summed E-state index contributed by atoms with van der Waals surface area (Å²) in [6, 6.07) is 28.2. The van der Waals surface area contributed by atoms with Gasteiger partial charge in [0, 0.05) is 17.3 Å². The Morgan fingerprint density at radius 2 is 1.38 bits per heavy atom. The molecule has 3 rings (SSSR count). The predicted molar refractivity (Wildman–Crippen MR) is 93.0 cm³/mol. The fraction of sp³-hybridized carbons (Fsp3) is 0.100. The Hall–Kier alpha value is -1.99. The van der Waals surface area contributed by atoms with Crippen molar-refractivity contribution in [2.45, 2.75) is 23.1 Å². The summed E-state index contributed by atoms with van der Waals surface area (Å²) in [5.74, 6) is 0. The molecule has 0 atom stereocenters. The van der Waals surface area contributed by atoms with Gasteiger partial charge in [-0.3, -0.25) is 0 Å². The molecule has 0 spiro atoms. The summed E-state index contributed by atoms with van der Waals surface area (Å²) in [5.41, 5.74) is 4.00. The van der Waals surface area contributed by atoms with Crippen LogP contribution in [0.2, 0.25) is 0 Å². The van der Waals surface area contributed by atoms with Crippen LogP contribution in [-0.4, -0.2) is 0 Å². The van der Waals surface area contributed by atoms with Crippen molar-refractivity contribution in [1.29, 1.82) is 0 Å². The summed E-state index contributed by atoms with van der Waals surface area (Å²) in [4.78, 5) is 2.70. The summed E-state index contributed by atoms with van der Waals surface area (Å²) in [6.07, 6.45) is 1.10. The topological polar surface area (TPSA) is 0 Å². The van der Waals surface area contributed by atoms with Crippen molar-refractivity contribution < 1.29 is 0 Å². The second-order valence-electron chi connectivity index (χ2n) is 5.01. The van der Waals surface area contributed by atoms with Crippen LogP contribution in [0, 0.1) is 0 Å². The molecule has 0 aliphatic rings. The van der Waals surface area contributed by atoms with E-state index in [2.05, 4.69) is 85.8 Å². The summed E-state index contributed by atoms with van der Waals surface area (Å²) in [5, 5.41) is 0. The predicted octanol–water partition coefficient (Wildman–Crippen LogP) is 5.15. The van der Waals surface area contributed by atoms with Crippen molar-refractivity contribution in [3.8, 4) is 11.1 Å². The molecule has 0 bridgehead atoms. The Kier molecular flexibility index (Phi) is 4.42. The lowest BCUT2D eigenvalue weighted by atomic mass is 10.1. The highest BCUT2D eigenvalue weighted by molar-refractivity contribution is 7.78. The zero-order chi connectivity index (χ0) is 14.5. The summed E-state index contributed by atoms with van der Waals surface area (Å²) < 4.78 is 0. The average molecular weight is 291 g/mol. The van der Waals surface area contributed by atoms with Gasteiger partial charge in [0.05, 0.1) is 0 Å². The van der Waals surface area contributed by atoms with Crippen LogP contribution < -0.4 is 0 Å². The number of hydrogen-bond acceptors (Lipinski definition) is 0. The minimum absolute atomic E-state index is 1.10. The molecule has 0 aromatic heterocycles. The van der Waals surface area contributed by atoms with Crippen LogP contribution in [0.4, 0.5) is 0 Å². The standard InChI is InChI=1S/C20H18S/c1-2-16-12-14-18(15-13-16)21-20-11-7-6-10-19(20)17-8-4-3-5-9-17/h3-15H,2H2,1H3/p+1. The van der Waals surface area contributed by atoms with Crippen molar-refractivity contribution in [2.75, 3.05) is 0 Å². The first-order valence-electron chi connectivity index (χ1n) is 7.32. The first-order chi connectivity index (χ1) is 10.4. The summed E-state index contributed by atoms with van der Waals surface area (Å²) in [6.45, 7) is 2.19. The highest BCUT2D eigenvalue weighted by Gasteiger charge is 2.13. The quantitative estimate of drug-likeness (QED) is 0.461. The Labute approximate surface area is 130 Å². The fourth-order valence-corrected chi connectivity index (χ4v) is 3.44. The number of thiol groups is 1. The molecule has 21 heavy (non-hydrogen) atoms. The number of rotatable bonds is 4. The molecular formula is C20H19S+. The lowest BCUT2D eigenvalue weighted by molar-refractivity contribution is 1.13. The summed E-state index contributed by atoms with van der Waals surface area (Å²) in [7, 11) is 0. The van der Waals surface area contributed by atoms with Gasteiger partial charge < -0.3 is 0 Å². The molecule has 0 nitrogen and oxygen atoms in total. The smallest absolute Gasteiger partial charge is 0.0622 e. The highest BCUT2D eigenvalue weighted by Crippen LogP contribution is 2.27. The van der Waals surface area contributed by atoms with E-state index in [0.29, 0.717) is 0 Å². The molecule has 0 amide bonds. The van der Waals surface area contributed by atoms with Gasteiger partial charge >= 0.3 is 0 Å². The monoisotopic (exact) mass is 291 g/mol. The zero-order valence-corrected chi connectivity index (χ0v) is 13.1. The minimum Gasteiger partial charge on any atom is -0.0622 e. The Bertz CT molecular complexity index is 699. The van der Waals surface area contributed by atoms with E-state index < -0.39 is 0 Å². The van der Waals surface area contributed by atoms with Gasteiger partial charge in [-0.1, -0.05) is 61.5 Å². The summed E-state index contributed by atoms with van der Waals surface area (Å²) >= 11 is 1.26. The molecule has 104 valence electrons. The number of hydrogen-bond donors (Lipinski definition) is 0. The van der Waals surface area contributed by atoms with E-state index >= 15 is 0 Å². The van der Waals surface area contributed by atoms with Gasteiger partial charge in [-0.15, -0.1) is 0 Å². The second kappa shape index (κ2) is 6.64. The molecule has 0 saturated heterocycles. The molecular weight excluding hydrogens is 272 g/mol. The number of benzene rings is 3. The van der Waals surface area contributed by atoms with E-state index in [0.717, 1.165) is 6.42 Å². The van der Waals surface area contributed by atoms with E-state index in [1.54, 1.807) is 0 Å².